The molecule has 174 valence electrons. The van der Waals surface area contributed by atoms with Crippen LogP contribution in [-0.4, -0.2) is 42.0 Å². The third-order valence-electron chi connectivity index (χ3n) is 6.69. The molecule has 0 aliphatic carbocycles. The van der Waals surface area contributed by atoms with Gasteiger partial charge in [0.25, 0.3) is 0 Å². The first-order valence-corrected chi connectivity index (χ1v) is 12.9. The molecule has 0 aromatic heterocycles. The lowest BCUT2D eigenvalue weighted by molar-refractivity contribution is -0.861. The number of aliphatic imine (C=N–C) groups is 1. The molecule has 1 aliphatic rings. The molecule has 4 heteroatoms. The molecule has 0 aromatic rings. The molecular weight excluding hydrogens is 370 g/mol. The van der Waals surface area contributed by atoms with Crippen LogP contribution in [0.4, 0.5) is 0 Å². The number of rotatable bonds is 18. The van der Waals surface area contributed by atoms with E-state index in [4.69, 9.17) is 4.99 Å². The van der Waals surface area contributed by atoms with Gasteiger partial charge in [0, 0.05) is 20.3 Å². The van der Waals surface area contributed by atoms with Crippen molar-refractivity contribution in [2.75, 3.05) is 19.6 Å². The van der Waals surface area contributed by atoms with Gasteiger partial charge in [0.2, 0.25) is 5.91 Å². The number of amidine groups is 1. The van der Waals surface area contributed by atoms with E-state index in [1.807, 2.05) is 0 Å². The first kappa shape index (κ1) is 26.9. The number of hydrogen-bond donors (Lipinski definition) is 1. The maximum atomic E-state index is 11.5. The maximum Gasteiger partial charge on any atom is 0.221 e. The van der Waals surface area contributed by atoms with Gasteiger partial charge in [0.05, 0.1) is 13.1 Å². The molecule has 0 fully saturated rings. The molecule has 2 atom stereocenters. The molecule has 2 unspecified atom stereocenters. The van der Waals surface area contributed by atoms with Crippen molar-refractivity contribution in [3.63, 3.8) is 0 Å². The number of carbonyl (C=O) groups is 1. The van der Waals surface area contributed by atoms with Crippen molar-refractivity contribution >= 4 is 11.7 Å². The lowest BCUT2D eigenvalue weighted by Crippen LogP contribution is -2.62. The van der Waals surface area contributed by atoms with Crippen LogP contribution in [0.25, 0.3) is 0 Å². The lowest BCUT2D eigenvalue weighted by atomic mass is 10.0. The number of unbranched alkanes of at least 4 members (excludes halogenated alkanes) is 11. The number of nitrogens with one attached hydrogen (secondary N) is 1. The van der Waals surface area contributed by atoms with E-state index in [-0.39, 0.29) is 12.1 Å². The minimum Gasteiger partial charge on any atom is -0.307 e. The average molecular weight is 421 g/mol. The summed E-state index contributed by atoms with van der Waals surface area (Å²) in [6.07, 6.45) is 23.3. The summed E-state index contributed by atoms with van der Waals surface area (Å²) in [6, 6.07) is 0. The van der Waals surface area contributed by atoms with Crippen molar-refractivity contribution in [2.45, 2.75) is 124 Å². The molecule has 0 radical (unpaired) electrons. The summed E-state index contributed by atoms with van der Waals surface area (Å²) in [5.41, 5.74) is 0. The van der Waals surface area contributed by atoms with Crippen LogP contribution in [0, 0.1) is 0 Å². The Labute approximate surface area is 187 Å². The van der Waals surface area contributed by atoms with E-state index in [2.05, 4.69) is 38.2 Å². The van der Waals surface area contributed by atoms with Gasteiger partial charge in [-0.3, -0.25) is 9.28 Å². The fourth-order valence-corrected chi connectivity index (χ4v) is 4.72. The van der Waals surface area contributed by atoms with E-state index in [0.717, 1.165) is 30.5 Å². The summed E-state index contributed by atoms with van der Waals surface area (Å²) in [7, 11) is 0. The molecular formula is C26H50N3O+. The van der Waals surface area contributed by atoms with Gasteiger partial charge in [-0.2, -0.15) is 0 Å². The van der Waals surface area contributed by atoms with Crippen molar-refractivity contribution in [1.82, 2.24) is 5.32 Å². The summed E-state index contributed by atoms with van der Waals surface area (Å²) in [5.74, 6) is 1.37. The second-order valence-electron chi connectivity index (χ2n) is 9.08. The summed E-state index contributed by atoms with van der Waals surface area (Å²) in [5, 5.41) is 3.11. The zero-order chi connectivity index (χ0) is 22.1. The van der Waals surface area contributed by atoms with Gasteiger partial charge in [-0.15, -0.1) is 0 Å². The van der Waals surface area contributed by atoms with Gasteiger partial charge in [0.15, 0.2) is 12.0 Å². The number of likely N-dealkylation sites (N-methyl/N-ethyl adjacent to an activating group) is 1. The minimum atomic E-state index is 0.0585. The summed E-state index contributed by atoms with van der Waals surface area (Å²) in [6.45, 7) is 11.2. The quantitative estimate of drug-likeness (QED) is 0.149. The van der Waals surface area contributed by atoms with Gasteiger partial charge in [-0.1, -0.05) is 76.9 Å². The van der Waals surface area contributed by atoms with Crippen LogP contribution in [0.5, 0.6) is 0 Å². The number of hydrogen-bond acceptors (Lipinski definition) is 2. The normalized spacial score (nSPS) is 19.9. The molecule has 1 aliphatic heterocycles. The topological polar surface area (TPSA) is 41.5 Å². The molecule has 1 amide bonds. The standard InChI is InChI=1S/C26H49N3O/c1-5-7-8-9-10-11-12-13-14-15-16-17-18-19-20-21-26-27-22-23-29(26,6-2)24(3)28-25(4)30/h9-10,24H,5-8,11-23H2,1-4H3/p+1/b10-9+. The van der Waals surface area contributed by atoms with Crippen LogP contribution >= 0.6 is 0 Å². The van der Waals surface area contributed by atoms with E-state index in [0.29, 0.717) is 0 Å². The summed E-state index contributed by atoms with van der Waals surface area (Å²) >= 11 is 0. The third-order valence-corrected chi connectivity index (χ3v) is 6.69. The van der Waals surface area contributed by atoms with Crippen LogP contribution in [0.2, 0.25) is 0 Å². The number of amides is 1. The zero-order valence-electron chi connectivity index (χ0n) is 20.6. The average Bonchev–Trinajstić information content (AvgIpc) is 3.14. The van der Waals surface area contributed by atoms with Gasteiger partial charge < -0.3 is 5.32 Å². The Morgan fingerprint density at radius 3 is 2.10 bits per heavy atom. The first-order valence-electron chi connectivity index (χ1n) is 12.9. The first-order chi connectivity index (χ1) is 14.6. The van der Waals surface area contributed by atoms with Crippen LogP contribution in [0.15, 0.2) is 17.1 Å². The van der Waals surface area contributed by atoms with Crippen molar-refractivity contribution in [2.24, 2.45) is 4.99 Å². The Morgan fingerprint density at radius 2 is 1.53 bits per heavy atom. The summed E-state index contributed by atoms with van der Waals surface area (Å²) in [4.78, 5) is 16.3. The van der Waals surface area contributed by atoms with Crippen LogP contribution in [0.1, 0.15) is 118 Å². The van der Waals surface area contributed by atoms with Crippen LogP contribution in [-0.2, 0) is 4.79 Å². The summed E-state index contributed by atoms with van der Waals surface area (Å²) < 4.78 is 0.855. The zero-order valence-corrected chi connectivity index (χ0v) is 20.6. The predicted molar refractivity (Wildman–Crippen MR) is 131 cm³/mol. The van der Waals surface area contributed by atoms with Crippen molar-refractivity contribution in [3.05, 3.63) is 12.2 Å². The SMILES string of the molecule is CCCC/C=C/CCCCCCCCCCCC1=NCC[N+]1(CC)C(C)NC(C)=O. The van der Waals surface area contributed by atoms with Gasteiger partial charge in [-0.25, -0.2) is 4.99 Å². The predicted octanol–water partition coefficient (Wildman–Crippen LogP) is 6.75. The highest BCUT2D eigenvalue weighted by atomic mass is 16.1. The Kier molecular flexibility index (Phi) is 14.8. The van der Waals surface area contributed by atoms with Crippen molar-refractivity contribution in [1.29, 1.82) is 0 Å². The maximum absolute atomic E-state index is 11.5. The smallest absolute Gasteiger partial charge is 0.221 e. The molecule has 30 heavy (non-hydrogen) atoms. The number of allylic oxidation sites excluding steroid dienone is 2. The Hall–Kier alpha value is -1.16. The van der Waals surface area contributed by atoms with Crippen molar-refractivity contribution < 1.29 is 9.28 Å². The van der Waals surface area contributed by atoms with Gasteiger partial charge in [-0.05, 0) is 32.6 Å². The number of nitrogens with zero attached hydrogens (tertiary/aromatic N) is 2. The Bertz CT molecular complexity index is 514. The van der Waals surface area contributed by atoms with E-state index in [1.54, 1.807) is 6.92 Å². The highest BCUT2D eigenvalue weighted by Crippen LogP contribution is 2.23. The van der Waals surface area contributed by atoms with E-state index >= 15 is 0 Å². The second-order valence-corrected chi connectivity index (χ2v) is 9.08. The van der Waals surface area contributed by atoms with E-state index in [1.165, 1.54) is 89.3 Å². The fourth-order valence-electron chi connectivity index (χ4n) is 4.72. The molecule has 0 saturated heterocycles. The highest BCUT2D eigenvalue weighted by molar-refractivity contribution is 5.78. The number of carbonyl (C=O) groups excluding carboxylic acids is 1. The number of quaternary nitrogens is 1. The lowest BCUT2D eigenvalue weighted by Gasteiger charge is -2.39. The monoisotopic (exact) mass is 420 g/mol. The molecule has 1 heterocycles. The molecule has 1 N–H and O–H groups in total. The molecule has 0 saturated carbocycles. The molecule has 0 aromatic carbocycles. The van der Waals surface area contributed by atoms with Gasteiger partial charge in [0.1, 0.15) is 6.54 Å². The second kappa shape index (κ2) is 16.5. The van der Waals surface area contributed by atoms with Crippen LogP contribution in [0.3, 0.4) is 0 Å². The third kappa shape index (κ3) is 10.2. The van der Waals surface area contributed by atoms with Crippen molar-refractivity contribution in [3.8, 4) is 0 Å². The fraction of sp³-hybridized carbons (Fsp3) is 0.846. The molecule has 0 spiro atoms. The molecule has 0 bridgehead atoms. The van der Waals surface area contributed by atoms with Gasteiger partial charge >= 0.3 is 0 Å². The molecule has 1 rings (SSSR count). The Balaban J connectivity index is 2.06. The molecule has 4 nitrogen and oxygen atoms in total. The van der Waals surface area contributed by atoms with Crippen LogP contribution < -0.4 is 5.32 Å². The largest absolute Gasteiger partial charge is 0.307 e. The Morgan fingerprint density at radius 1 is 0.967 bits per heavy atom. The minimum absolute atomic E-state index is 0.0585. The van der Waals surface area contributed by atoms with E-state index in [9.17, 15) is 4.79 Å². The highest BCUT2D eigenvalue weighted by Gasteiger charge is 2.41. The van der Waals surface area contributed by atoms with E-state index < -0.39 is 0 Å².